The first-order valence-corrected chi connectivity index (χ1v) is 8.81. The lowest BCUT2D eigenvalue weighted by Gasteiger charge is -2.27. The van der Waals surface area contributed by atoms with Gasteiger partial charge in [0.25, 0.3) is 0 Å². The molecule has 0 amide bonds. The van der Waals surface area contributed by atoms with Crippen LogP contribution >= 0.6 is 46.4 Å². The fourth-order valence-corrected chi connectivity index (χ4v) is 3.64. The van der Waals surface area contributed by atoms with E-state index in [1.807, 2.05) is 0 Å². The molecule has 0 saturated heterocycles. The molecule has 0 aromatic heterocycles. The molecule has 0 atom stereocenters. The molecule has 0 radical (unpaired) electrons. The zero-order valence-electron chi connectivity index (χ0n) is 9.30. The van der Waals surface area contributed by atoms with Crippen LogP contribution in [0.3, 0.4) is 0 Å². The fourth-order valence-electron chi connectivity index (χ4n) is 0.904. The summed E-state index contributed by atoms with van der Waals surface area (Å²) in [5.74, 6) is 1.25. The minimum atomic E-state index is -3.22. The van der Waals surface area contributed by atoms with Gasteiger partial charge in [0.05, 0.1) is 26.4 Å². The van der Waals surface area contributed by atoms with Crippen molar-refractivity contribution >= 4 is 55.5 Å². The molecular weight excluding hydrogens is 330 g/mol. The van der Waals surface area contributed by atoms with Crippen LogP contribution in [0.25, 0.3) is 0 Å². The van der Waals surface area contributed by atoms with Gasteiger partial charge in [-0.3, -0.25) is 0 Å². The van der Waals surface area contributed by atoms with E-state index in [2.05, 4.69) is 0 Å². The summed E-state index contributed by atoms with van der Waals surface area (Å²) in [4.78, 5) is 0. The van der Waals surface area contributed by atoms with Crippen molar-refractivity contribution < 1.29 is 17.7 Å². The highest BCUT2D eigenvalue weighted by molar-refractivity contribution is 6.53. The largest absolute Gasteiger partial charge is 0.679 e. The van der Waals surface area contributed by atoms with Gasteiger partial charge in [0.2, 0.25) is 0 Å². The van der Waals surface area contributed by atoms with Gasteiger partial charge < -0.3 is 17.7 Å². The van der Waals surface area contributed by atoms with E-state index in [-0.39, 0.29) is 26.4 Å². The SMILES string of the molecule is ClCCO[Si](OCCCl)(OCCCl)OCCCl. The molecule has 0 bridgehead atoms. The summed E-state index contributed by atoms with van der Waals surface area (Å²) in [6, 6.07) is 0. The third kappa shape index (κ3) is 8.86. The van der Waals surface area contributed by atoms with Gasteiger partial charge in [0.15, 0.2) is 0 Å². The third-order valence-corrected chi connectivity index (χ3v) is 4.27. The number of hydrogen-bond donors (Lipinski definition) is 0. The highest BCUT2D eigenvalue weighted by Gasteiger charge is 2.45. The molecule has 0 aliphatic carbocycles. The van der Waals surface area contributed by atoms with Crippen molar-refractivity contribution in [3.8, 4) is 0 Å². The number of halogens is 4. The van der Waals surface area contributed by atoms with Crippen molar-refractivity contribution in [3.63, 3.8) is 0 Å². The second kappa shape index (κ2) is 12.3. The molecule has 0 rings (SSSR count). The third-order valence-electron chi connectivity index (χ3n) is 1.42. The Kier molecular flexibility index (Phi) is 13.1. The minimum Gasteiger partial charge on any atom is -0.350 e. The van der Waals surface area contributed by atoms with Gasteiger partial charge in [-0.2, -0.15) is 0 Å². The Morgan fingerprint density at radius 1 is 0.529 bits per heavy atom. The molecule has 104 valence electrons. The van der Waals surface area contributed by atoms with Gasteiger partial charge in [0, 0.05) is 23.5 Å². The molecule has 0 saturated carbocycles. The Hall–Kier alpha value is 1.22. The molecule has 0 aliphatic rings. The average molecular weight is 346 g/mol. The van der Waals surface area contributed by atoms with Crippen LogP contribution in [0, 0.1) is 0 Å². The van der Waals surface area contributed by atoms with E-state index in [0.29, 0.717) is 23.5 Å². The van der Waals surface area contributed by atoms with Gasteiger partial charge in [-0.05, 0) is 0 Å². The summed E-state index contributed by atoms with van der Waals surface area (Å²) in [5.41, 5.74) is 0. The minimum absolute atomic E-state index is 0.265. The Balaban J connectivity index is 4.39. The summed E-state index contributed by atoms with van der Waals surface area (Å²) in [6.45, 7) is 1.06. The van der Waals surface area contributed by atoms with Crippen molar-refractivity contribution in [2.24, 2.45) is 0 Å². The van der Waals surface area contributed by atoms with Gasteiger partial charge in [-0.25, -0.2) is 0 Å². The lowest BCUT2D eigenvalue weighted by Crippen LogP contribution is -2.50. The Morgan fingerprint density at radius 3 is 0.941 bits per heavy atom. The highest BCUT2D eigenvalue weighted by atomic mass is 35.5. The van der Waals surface area contributed by atoms with Crippen LogP contribution in [-0.2, 0) is 17.7 Å². The normalized spacial score (nSPS) is 12.0. The van der Waals surface area contributed by atoms with Crippen LogP contribution in [0.1, 0.15) is 0 Å². The van der Waals surface area contributed by atoms with E-state index in [0.717, 1.165) is 0 Å². The molecule has 17 heavy (non-hydrogen) atoms. The van der Waals surface area contributed by atoms with Crippen molar-refractivity contribution in [1.29, 1.82) is 0 Å². The molecule has 0 heterocycles. The smallest absolute Gasteiger partial charge is 0.350 e. The van der Waals surface area contributed by atoms with Gasteiger partial charge in [-0.1, -0.05) is 0 Å². The van der Waals surface area contributed by atoms with Crippen molar-refractivity contribution in [1.82, 2.24) is 0 Å². The zero-order valence-corrected chi connectivity index (χ0v) is 13.3. The lowest BCUT2D eigenvalue weighted by atomic mass is 10.9. The molecule has 0 fully saturated rings. The second-order valence-corrected chi connectivity index (χ2v) is 6.32. The van der Waals surface area contributed by atoms with Gasteiger partial charge in [0.1, 0.15) is 0 Å². The molecule has 9 heteroatoms. The Labute approximate surface area is 123 Å². The topological polar surface area (TPSA) is 36.9 Å². The zero-order chi connectivity index (χ0) is 13.0. The van der Waals surface area contributed by atoms with Crippen molar-refractivity contribution in [2.45, 2.75) is 0 Å². The summed E-state index contributed by atoms with van der Waals surface area (Å²) < 4.78 is 21.8. The maximum Gasteiger partial charge on any atom is 0.679 e. The van der Waals surface area contributed by atoms with Crippen LogP contribution in [0.2, 0.25) is 0 Å². The van der Waals surface area contributed by atoms with Crippen LogP contribution in [0.5, 0.6) is 0 Å². The van der Waals surface area contributed by atoms with E-state index >= 15 is 0 Å². The molecule has 0 N–H and O–H groups in total. The quantitative estimate of drug-likeness (QED) is 0.402. The predicted molar refractivity (Wildman–Crippen MR) is 72.4 cm³/mol. The van der Waals surface area contributed by atoms with E-state index in [9.17, 15) is 0 Å². The highest BCUT2D eigenvalue weighted by Crippen LogP contribution is 2.13. The summed E-state index contributed by atoms with van der Waals surface area (Å²) >= 11 is 22.2. The van der Waals surface area contributed by atoms with Crippen LogP contribution in [-0.4, -0.2) is 59.0 Å². The van der Waals surface area contributed by atoms with E-state index in [1.54, 1.807) is 0 Å². The van der Waals surface area contributed by atoms with E-state index < -0.39 is 9.05 Å². The summed E-state index contributed by atoms with van der Waals surface area (Å²) in [6.07, 6.45) is 0. The first-order valence-electron chi connectivity index (χ1n) is 5.04. The first kappa shape index (κ1) is 18.2. The Morgan fingerprint density at radius 2 is 0.765 bits per heavy atom. The van der Waals surface area contributed by atoms with Crippen LogP contribution in [0.15, 0.2) is 0 Å². The first-order chi connectivity index (χ1) is 8.24. The second-order valence-electron chi connectivity index (χ2n) is 2.65. The molecule has 0 aromatic rings. The van der Waals surface area contributed by atoms with E-state index in [4.69, 9.17) is 64.1 Å². The number of alkyl halides is 4. The number of hydrogen-bond acceptors (Lipinski definition) is 4. The number of rotatable bonds is 12. The molecule has 0 aliphatic heterocycles. The fraction of sp³-hybridized carbons (Fsp3) is 1.00. The molecule has 0 spiro atoms. The van der Waals surface area contributed by atoms with Gasteiger partial charge >= 0.3 is 9.05 Å². The molecule has 0 unspecified atom stereocenters. The van der Waals surface area contributed by atoms with Crippen LogP contribution in [0.4, 0.5) is 0 Å². The summed E-state index contributed by atoms with van der Waals surface area (Å²) in [7, 11) is -3.22. The lowest BCUT2D eigenvalue weighted by molar-refractivity contribution is -0.0232. The maximum atomic E-state index is 5.56. The monoisotopic (exact) mass is 344 g/mol. The average Bonchev–Trinajstić information content (AvgIpc) is 2.37. The van der Waals surface area contributed by atoms with Crippen LogP contribution < -0.4 is 0 Å². The molecule has 4 nitrogen and oxygen atoms in total. The Bertz CT molecular complexity index is 140. The predicted octanol–water partition coefficient (Wildman–Crippen LogP) is 2.44. The molecular formula is C8H16Cl4O4Si. The standard InChI is InChI=1S/C8H16Cl4O4Si/c9-1-5-13-17(14-6-2-10,15-7-3-11)16-8-4-12/h1-8H2. The summed E-state index contributed by atoms with van der Waals surface area (Å²) in [5, 5.41) is 0. The van der Waals surface area contributed by atoms with E-state index in [1.165, 1.54) is 0 Å². The maximum absolute atomic E-state index is 5.56. The van der Waals surface area contributed by atoms with Crippen molar-refractivity contribution in [2.75, 3.05) is 49.9 Å². The van der Waals surface area contributed by atoms with Gasteiger partial charge in [-0.15, -0.1) is 46.4 Å². The van der Waals surface area contributed by atoms with Crippen molar-refractivity contribution in [3.05, 3.63) is 0 Å². The molecule has 0 aromatic carbocycles.